The third-order valence-corrected chi connectivity index (χ3v) is 6.73. The normalized spacial score (nSPS) is 14.9. The molecule has 0 saturated heterocycles. The number of esters is 1. The van der Waals surface area contributed by atoms with Gasteiger partial charge in [0, 0.05) is 16.0 Å². The lowest BCUT2D eigenvalue weighted by Crippen LogP contribution is -2.12. The van der Waals surface area contributed by atoms with Crippen LogP contribution in [-0.4, -0.2) is 33.6 Å². The average Bonchev–Trinajstić information content (AvgIpc) is 3.26. The molecule has 3 aromatic rings. The second-order valence-corrected chi connectivity index (χ2v) is 8.14. The number of fused-ring (bicyclic) bond motifs is 3. The van der Waals surface area contributed by atoms with Crippen molar-refractivity contribution in [1.29, 1.82) is 5.26 Å². The van der Waals surface area contributed by atoms with Crippen molar-refractivity contribution in [1.82, 2.24) is 14.8 Å². The first kappa shape index (κ1) is 20.0. The highest BCUT2D eigenvalue weighted by Gasteiger charge is 2.33. The SMILES string of the molecule is CCc1sc2c(c1C)C(c1ccccc1C#N)=N[C@@H](CC(=O)OC)c1nnc(C)n1-2. The molecule has 1 atom stereocenters. The summed E-state index contributed by atoms with van der Waals surface area (Å²) in [6, 6.07) is 9.12. The van der Waals surface area contributed by atoms with Gasteiger partial charge in [0.25, 0.3) is 0 Å². The fraction of sp³-hybridized carbons (Fsp3) is 0.318. The Kier molecular flexibility index (Phi) is 5.22. The lowest BCUT2D eigenvalue weighted by Gasteiger charge is -2.12. The smallest absolute Gasteiger partial charge is 0.308 e. The number of ether oxygens (including phenoxy) is 1. The van der Waals surface area contributed by atoms with Crippen LogP contribution in [0, 0.1) is 25.2 Å². The molecule has 0 aliphatic carbocycles. The van der Waals surface area contributed by atoms with E-state index in [-0.39, 0.29) is 12.4 Å². The van der Waals surface area contributed by atoms with E-state index < -0.39 is 6.04 Å². The van der Waals surface area contributed by atoms with Gasteiger partial charge in [0.05, 0.1) is 30.9 Å². The Labute approximate surface area is 178 Å². The summed E-state index contributed by atoms with van der Waals surface area (Å²) in [7, 11) is 1.36. The van der Waals surface area contributed by atoms with Crippen molar-refractivity contribution in [3.8, 4) is 11.1 Å². The summed E-state index contributed by atoms with van der Waals surface area (Å²) in [6.07, 6.45) is 0.931. The van der Waals surface area contributed by atoms with Gasteiger partial charge in [-0.2, -0.15) is 5.26 Å². The average molecular weight is 420 g/mol. The summed E-state index contributed by atoms with van der Waals surface area (Å²) in [4.78, 5) is 18.4. The zero-order valence-electron chi connectivity index (χ0n) is 17.3. The molecule has 1 aliphatic rings. The number of aliphatic imine (C=N–C) groups is 1. The van der Waals surface area contributed by atoms with Gasteiger partial charge < -0.3 is 4.74 Å². The number of carbonyl (C=O) groups excluding carboxylic acids is 1. The Hall–Kier alpha value is -3.31. The highest BCUT2D eigenvalue weighted by Crippen LogP contribution is 2.40. The van der Waals surface area contributed by atoms with Crippen LogP contribution in [0.25, 0.3) is 5.00 Å². The van der Waals surface area contributed by atoms with E-state index in [2.05, 4.69) is 30.1 Å². The standard InChI is InChI=1S/C22H21N5O2S/c1-5-17-12(2)19-20(15-9-7-6-8-14(15)11-23)24-16(10-18(28)29-4)21-26-25-13(3)27(21)22(19)30-17/h6-9,16H,5,10H2,1-4H3/t16-/m0/s1. The predicted molar refractivity (Wildman–Crippen MR) is 114 cm³/mol. The first-order valence-corrected chi connectivity index (χ1v) is 10.5. The fourth-order valence-corrected chi connectivity index (χ4v) is 5.11. The van der Waals surface area contributed by atoms with Gasteiger partial charge in [0.2, 0.25) is 0 Å². The molecule has 0 amide bonds. The maximum atomic E-state index is 12.2. The van der Waals surface area contributed by atoms with Crippen LogP contribution in [0.15, 0.2) is 29.3 Å². The third-order valence-electron chi connectivity index (χ3n) is 5.31. The van der Waals surface area contributed by atoms with Gasteiger partial charge in [0.1, 0.15) is 16.9 Å². The van der Waals surface area contributed by atoms with E-state index >= 15 is 0 Å². The number of hydrogen-bond donors (Lipinski definition) is 0. The minimum absolute atomic E-state index is 0.0431. The molecule has 2 aromatic heterocycles. The van der Waals surface area contributed by atoms with E-state index in [9.17, 15) is 10.1 Å². The van der Waals surface area contributed by atoms with Crippen LogP contribution in [0.2, 0.25) is 0 Å². The number of carbonyl (C=O) groups is 1. The van der Waals surface area contributed by atoms with Crippen molar-refractivity contribution in [2.75, 3.05) is 7.11 Å². The summed E-state index contributed by atoms with van der Waals surface area (Å²) in [5, 5.41) is 19.3. The minimum Gasteiger partial charge on any atom is -0.469 e. The van der Waals surface area contributed by atoms with Gasteiger partial charge in [-0.1, -0.05) is 25.1 Å². The molecule has 152 valence electrons. The van der Waals surface area contributed by atoms with Crippen LogP contribution in [0.5, 0.6) is 0 Å². The number of methoxy groups -OCH3 is 1. The highest BCUT2D eigenvalue weighted by atomic mass is 32.1. The monoisotopic (exact) mass is 419 g/mol. The molecule has 0 saturated carbocycles. The second-order valence-electron chi connectivity index (χ2n) is 7.06. The van der Waals surface area contributed by atoms with Crippen molar-refractivity contribution >= 4 is 23.0 Å². The zero-order valence-corrected chi connectivity index (χ0v) is 18.1. The topological polar surface area (TPSA) is 93.2 Å². The second kappa shape index (κ2) is 7.84. The third kappa shape index (κ3) is 3.12. The maximum absolute atomic E-state index is 12.2. The molecular formula is C22H21N5O2S. The van der Waals surface area contributed by atoms with Gasteiger partial charge in [-0.3, -0.25) is 14.4 Å². The highest BCUT2D eigenvalue weighted by molar-refractivity contribution is 7.15. The largest absolute Gasteiger partial charge is 0.469 e. The molecule has 0 unspecified atom stereocenters. The molecule has 0 spiro atoms. The van der Waals surface area contributed by atoms with Crippen LogP contribution in [0.1, 0.15) is 58.2 Å². The molecule has 3 heterocycles. The van der Waals surface area contributed by atoms with Crippen LogP contribution < -0.4 is 0 Å². The van der Waals surface area contributed by atoms with Crippen molar-refractivity contribution in [2.24, 2.45) is 4.99 Å². The Balaban J connectivity index is 2.07. The predicted octanol–water partition coefficient (Wildman–Crippen LogP) is 3.83. The number of benzene rings is 1. The zero-order chi connectivity index (χ0) is 21.4. The Morgan fingerprint density at radius 1 is 1.30 bits per heavy atom. The molecule has 7 nitrogen and oxygen atoms in total. The van der Waals surface area contributed by atoms with Crippen molar-refractivity contribution in [3.63, 3.8) is 0 Å². The number of thiophene rings is 1. The molecule has 0 fully saturated rings. The summed E-state index contributed by atoms with van der Waals surface area (Å²) < 4.78 is 6.90. The van der Waals surface area contributed by atoms with Gasteiger partial charge in [-0.05, 0) is 31.9 Å². The van der Waals surface area contributed by atoms with Crippen molar-refractivity contribution in [2.45, 2.75) is 39.7 Å². The lowest BCUT2D eigenvalue weighted by molar-refractivity contribution is -0.141. The lowest BCUT2D eigenvalue weighted by atomic mass is 9.95. The van der Waals surface area contributed by atoms with Crippen LogP contribution >= 0.6 is 11.3 Å². The molecule has 0 bridgehead atoms. The Morgan fingerprint density at radius 3 is 2.77 bits per heavy atom. The number of hydrogen-bond acceptors (Lipinski definition) is 7. The van der Waals surface area contributed by atoms with Crippen molar-refractivity contribution < 1.29 is 9.53 Å². The molecular weight excluding hydrogens is 398 g/mol. The molecule has 0 N–H and O–H groups in total. The maximum Gasteiger partial charge on any atom is 0.308 e. The number of aryl methyl sites for hydroxylation is 2. The first-order valence-electron chi connectivity index (χ1n) is 9.69. The van der Waals surface area contributed by atoms with E-state index in [1.807, 2.05) is 29.7 Å². The molecule has 30 heavy (non-hydrogen) atoms. The first-order chi connectivity index (χ1) is 14.5. The van der Waals surface area contributed by atoms with E-state index in [4.69, 9.17) is 9.73 Å². The molecule has 1 aliphatic heterocycles. The summed E-state index contributed by atoms with van der Waals surface area (Å²) >= 11 is 1.68. The van der Waals surface area contributed by atoms with E-state index in [1.54, 1.807) is 17.4 Å². The molecule has 1 aromatic carbocycles. The van der Waals surface area contributed by atoms with Gasteiger partial charge in [-0.25, -0.2) is 0 Å². The molecule has 4 rings (SSSR count). The minimum atomic E-state index is -0.565. The summed E-state index contributed by atoms with van der Waals surface area (Å²) in [5.74, 6) is 0.961. The fourth-order valence-electron chi connectivity index (χ4n) is 3.81. The Morgan fingerprint density at radius 2 is 2.07 bits per heavy atom. The summed E-state index contributed by atoms with van der Waals surface area (Å²) in [5.41, 5.74) is 4.08. The van der Waals surface area contributed by atoms with Crippen LogP contribution in [0.4, 0.5) is 0 Å². The van der Waals surface area contributed by atoms with Gasteiger partial charge >= 0.3 is 5.97 Å². The van der Waals surface area contributed by atoms with E-state index in [1.165, 1.54) is 12.0 Å². The van der Waals surface area contributed by atoms with Crippen LogP contribution in [0.3, 0.4) is 0 Å². The quantitative estimate of drug-likeness (QED) is 0.599. The van der Waals surface area contributed by atoms with E-state index in [0.29, 0.717) is 17.1 Å². The van der Waals surface area contributed by atoms with Crippen LogP contribution in [-0.2, 0) is 16.0 Å². The van der Waals surface area contributed by atoms with Gasteiger partial charge in [-0.15, -0.1) is 21.5 Å². The number of nitriles is 1. The number of aromatic nitrogens is 3. The number of rotatable bonds is 4. The number of nitrogens with zero attached hydrogens (tertiary/aromatic N) is 5. The van der Waals surface area contributed by atoms with Crippen molar-refractivity contribution in [3.05, 3.63) is 63.0 Å². The van der Waals surface area contributed by atoms with Gasteiger partial charge in [0.15, 0.2) is 5.82 Å². The summed E-state index contributed by atoms with van der Waals surface area (Å²) in [6.45, 7) is 6.10. The molecule has 0 radical (unpaired) electrons. The Bertz CT molecular complexity index is 1210. The van der Waals surface area contributed by atoms with E-state index in [0.717, 1.165) is 33.9 Å². The molecule has 8 heteroatoms.